The van der Waals surface area contributed by atoms with Crippen molar-refractivity contribution in [2.24, 2.45) is 5.73 Å². The molecule has 2 rings (SSSR count). The van der Waals surface area contributed by atoms with E-state index in [2.05, 4.69) is 0 Å². The molecule has 2 nitrogen and oxygen atoms in total. The first kappa shape index (κ1) is 14.5. The third-order valence-electron chi connectivity index (χ3n) is 3.38. The largest absolute Gasteiger partial charge is 0.484 e. The molecule has 1 atom stereocenters. The predicted octanol–water partition coefficient (Wildman–Crippen LogP) is 3.83. The molecule has 2 aromatic carbocycles. The summed E-state index contributed by atoms with van der Waals surface area (Å²) in [6, 6.07) is 11.0. The van der Waals surface area contributed by atoms with Crippen LogP contribution >= 0.6 is 0 Å². The summed E-state index contributed by atoms with van der Waals surface area (Å²) in [6.07, 6.45) is -0.269. The molecular formula is C17H20FNO. The van der Waals surface area contributed by atoms with Gasteiger partial charge in [-0.25, -0.2) is 4.39 Å². The fourth-order valence-corrected chi connectivity index (χ4v) is 2.11. The summed E-state index contributed by atoms with van der Waals surface area (Å²) in [5, 5.41) is 0. The summed E-state index contributed by atoms with van der Waals surface area (Å²) >= 11 is 0. The normalized spacial score (nSPS) is 12.2. The number of nitrogens with two attached hydrogens (primary N) is 1. The Morgan fingerprint density at radius 3 is 2.45 bits per heavy atom. The smallest absolute Gasteiger partial charge is 0.136 e. The third-order valence-corrected chi connectivity index (χ3v) is 3.38. The molecule has 0 fully saturated rings. The van der Waals surface area contributed by atoms with Crippen molar-refractivity contribution in [3.63, 3.8) is 0 Å². The monoisotopic (exact) mass is 273 g/mol. The molecule has 1 unspecified atom stereocenters. The first-order valence-corrected chi connectivity index (χ1v) is 6.71. The van der Waals surface area contributed by atoms with Gasteiger partial charge >= 0.3 is 0 Å². The van der Waals surface area contributed by atoms with Gasteiger partial charge in [-0.05, 0) is 61.2 Å². The second-order valence-electron chi connectivity index (χ2n) is 5.12. The summed E-state index contributed by atoms with van der Waals surface area (Å²) in [7, 11) is 0. The van der Waals surface area contributed by atoms with Gasteiger partial charge in [0.05, 0.1) is 0 Å². The van der Waals surface area contributed by atoms with Gasteiger partial charge in [-0.15, -0.1) is 0 Å². The highest BCUT2D eigenvalue weighted by Gasteiger charge is 2.14. The first-order chi connectivity index (χ1) is 9.51. The zero-order chi connectivity index (χ0) is 14.7. The molecule has 0 radical (unpaired) electrons. The van der Waals surface area contributed by atoms with Crippen molar-refractivity contribution < 1.29 is 9.13 Å². The van der Waals surface area contributed by atoms with Gasteiger partial charge in [0.2, 0.25) is 0 Å². The van der Waals surface area contributed by atoms with Gasteiger partial charge in [0, 0.05) is 6.54 Å². The Labute approximate surface area is 119 Å². The number of halogens is 1. The zero-order valence-corrected chi connectivity index (χ0v) is 12.1. The van der Waals surface area contributed by atoms with Crippen molar-refractivity contribution >= 4 is 0 Å². The highest BCUT2D eigenvalue weighted by Crippen LogP contribution is 2.26. The standard InChI is InChI=1S/C17H20FNO/c1-11-4-5-12(2)16(8-11)20-17(10-19)14-6-7-15(18)13(3)9-14/h4-9,17H,10,19H2,1-3H3. The van der Waals surface area contributed by atoms with Crippen LogP contribution in [0.25, 0.3) is 0 Å². The second-order valence-corrected chi connectivity index (χ2v) is 5.12. The molecule has 3 heteroatoms. The minimum Gasteiger partial charge on any atom is -0.484 e. The van der Waals surface area contributed by atoms with Gasteiger partial charge in [0.15, 0.2) is 0 Å². The lowest BCUT2D eigenvalue weighted by atomic mass is 10.1. The average molecular weight is 273 g/mol. The van der Waals surface area contributed by atoms with Crippen molar-refractivity contribution in [3.8, 4) is 5.75 Å². The van der Waals surface area contributed by atoms with E-state index in [9.17, 15) is 4.39 Å². The van der Waals surface area contributed by atoms with Gasteiger partial charge in [0.25, 0.3) is 0 Å². The van der Waals surface area contributed by atoms with Crippen LogP contribution in [0, 0.1) is 26.6 Å². The van der Waals surface area contributed by atoms with Crippen molar-refractivity contribution in [1.29, 1.82) is 0 Å². The van der Waals surface area contributed by atoms with Crippen molar-refractivity contribution in [1.82, 2.24) is 0 Å². The molecule has 0 saturated carbocycles. The lowest BCUT2D eigenvalue weighted by Gasteiger charge is -2.20. The molecule has 2 aromatic rings. The Morgan fingerprint density at radius 2 is 1.80 bits per heavy atom. The SMILES string of the molecule is Cc1ccc(C)c(OC(CN)c2ccc(F)c(C)c2)c1. The highest BCUT2D eigenvalue weighted by atomic mass is 19.1. The Hall–Kier alpha value is -1.87. The average Bonchev–Trinajstić information content (AvgIpc) is 2.43. The Balaban J connectivity index is 2.28. The summed E-state index contributed by atoms with van der Waals surface area (Å²) in [4.78, 5) is 0. The fourth-order valence-electron chi connectivity index (χ4n) is 2.11. The van der Waals surface area contributed by atoms with Gasteiger partial charge in [0.1, 0.15) is 17.7 Å². The van der Waals surface area contributed by atoms with Gasteiger partial charge < -0.3 is 10.5 Å². The Bertz CT molecular complexity index is 610. The van der Waals surface area contributed by atoms with E-state index in [0.29, 0.717) is 12.1 Å². The Morgan fingerprint density at radius 1 is 1.05 bits per heavy atom. The van der Waals surface area contributed by atoms with Crippen LogP contribution in [0.5, 0.6) is 5.75 Å². The van der Waals surface area contributed by atoms with Crippen molar-refractivity contribution in [2.75, 3.05) is 6.54 Å². The van der Waals surface area contributed by atoms with E-state index in [4.69, 9.17) is 10.5 Å². The molecule has 20 heavy (non-hydrogen) atoms. The molecular weight excluding hydrogens is 253 g/mol. The molecule has 0 bridgehead atoms. The van der Waals surface area contributed by atoms with Crippen LogP contribution in [0.15, 0.2) is 36.4 Å². The molecule has 0 aliphatic carbocycles. The number of aryl methyl sites for hydroxylation is 3. The van der Waals surface area contributed by atoms with Crippen LogP contribution < -0.4 is 10.5 Å². The van der Waals surface area contributed by atoms with Crippen LogP contribution in [-0.4, -0.2) is 6.54 Å². The van der Waals surface area contributed by atoms with Crippen molar-refractivity contribution in [3.05, 3.63) is 64.5 Å². The molecule has 0 amide bonds. The molecule has 0 aromatic heterocycles. The van der Waals surface area contributed by atoms with Crippen LogP contribution in [0.3, 0.4) is 0 Å². The molecule has 0 saturated heterocycles. The third kappa shape index (κ3) is 3.17. The minimum atomic E-state index is -0.269. The molecule has 2 N–H and O–H groups in total. The van der Waals surface area contributed by atoms with Crippen molar-refractivity contribution in [2.45, 2.75) is 26.9 Å². The van der Waals surface area contributed by atoms with E-state index in [-0.39, 0.29) is 11.9 Å². The molecule has 106 valence electrons. The number of hydrogen-bond acceptors (Lipinski definition) is 2. The van der Waals surface area contributed by atoms with E-state index >= 15 is 0 Å². The second kappa shape index (κ2) is 6.06. The van der Waals surface area contributed by atoms with Gasteiger partial charge in [-0.1, -0.05) is 18.2 Å². The van der Waals surface area contributed by atoms with E-state index < -0.39 is 0 Å². The lowest BCUT2D eigenvalue weighted by Crippen LogP contribution is -2.19. The maximum atomic E-state index is 13.3. The summed E-state index contributed by atoms with van der Waals surface area (Å²) in [6.45, 7) is 6.10. The zero-order valence-electron chi connectivity index (χ0n) is 12.1. The predicted molar refractivity (Wildman–Crippen MR) is 79.5 cm³/mol. The number of benzene rings is 2. The first-order valence-electron chi connectivity index (χ1n) is 6.71. The van der Waals surface area contributed by atoms with Crippen LogP contribution in [0.4, 0.5) is 4.39 Å². The maximum absolute atomic E-state index is 13.3. The number of rotatable bonds is 4. The summed E-state index contributed by atoms with van der Waals surface area (Å²) < 4.78 is 19.3. The van der Waals surface area contributed by atoms with Crippen LogP contribution in [-0.2, 0) is 0 Å². The molecule has 0 spiro atoms. The topological polar surface area (TPSA) is 35.2 Å². The van der Waals surface area contributed by atoms with E-state index in [0.717, 1.165) is 22.4 Å². The molecule has 0 aliphatic heterocycles. The quantitative estimate of drug-likeness (QED) is 0.918. The van der Waals surface area contributed by atoms with Crippen LogP contribution in [0.2, 0.25) is 0 Å². The van der Waals surface area contributed by atoms with E-state index in [1.165, 1.54) is 6.07 Å². The fraction of sp³-hybridized carbons (Fsp3) is 0.294. The molecule has 0 heterocycles. The summed E-state index contributed by atoms with van der Waals surface area (Å²) in [5.41, 5.74) is 9.51. The summed E-state index contributed by atoms with van der Waals surface area (Å²) in [5.74, 6) is 0.610. The number of hydrogen-bond donors (Lipinski definition) is 1. The Kier molecular flexibility index (Phi) is 4.40. The minimum absolute atomic E-state index is 0.212. The van der Waals surface area contributed by atoms with E-state index in [1.807, 2.05) is 32.0 Å². The number of ether oxygens (including phenoxy) is 1. The van der Waals surface area contributed by atoms with Gasteiger partial charge in [-0.2, -0.15) is 0 Å². The molecule has 0 aliphatic rings. The van der Waals surface area contributed by atoms with Crippen LogP contribution in [0.1, 0.15) is 28.4 Å². The van der Waals surface area contributed by atoms with E-state index in [1.54, 1.807) is 19.1 Å². The van der Waals surface area contributed by atoms with Gasteiger partial charge in [-0.3, -0.25) is 0 Å². The lowest BCUT2D eigenvalue weighted by molar-refractivity contribution is 0.212. The maximum Gasteiger partial charge on any atom is 0.136 e. The highest BCUT2D eigenvalue weighted by molar-refractivity contribution is 5.37.